The van der Waals surface area contributed by atoms with Gasteiger partial charge in [0.2, 0.25) is 0 Å². The minimum absolute atomic E-state index is 0.0210. The second-order valence-electron chi connectivity index (χ2n) is 8.15. The quantitative estimate of drug-likeness (QED) is 0.201. The zero-order valence-electron chi connectivity index (χ0n) is 19.4. The van der Waals surface area contributed by atoms with Crippen LogP contribution < -0.4 is 10.6 Å². The van der Waals surface area contributed by atoms with E-state index in [1.807, 2.05) is 0 Å². The maximum Gasteiger partial charge on any atom is 0.435 e. The number of benzene rings is 3. The first kappa shape index (κ1) is 32.6. The molecule has 0 aliphatic heterocycles. The monoisotopic (exact) mass is 774 g/mol. The third kappa shape index (κ3) is 6.76. The zero-order chi connectivity index (χ0) is 31.1. The number of hydrogen-bond donors (Lipinski definition) is 2. The van der Waals surface area contributed by atoms with E-state index in [9.17, 15) is 57.9 Å². The second-order valence-corrected chi connectivity index (χ2v) is 10.2. The molecule has 0 aliphatic carbocycles. The van der Waals surface area contributed by atoms with E-state index in [4.69, 9.17) is 0 Å². The summed E-state index contributed by atoms with van der Waals surface area (Å²) in [6.07, 6.45) is -19.0. The molecule has 2 N–H and O–H groups in total. The van der Waals surface area contributed by atoms with Crippen LogP contribution >= 0.6 is 38.5 Å². The van der Waals surface area contributed by atoms with Gasteiger partial charge in [-0.25, -0.2) is 8.78 Å². The minimum Gasteiger partial charge on any atom is -0.322 e. The lowest BCUT2D eigenvalue weighted by molar-refractivity contribution is -0.348. The van der Waals surface area contributed by atoms with E-state index in [1.54, 1.807) is 5.32 Å². The Morgan fingerprint density at radius 2 is 1.37 bits per heavy atom. The van der Waals surface area contributed by atoms with Crippen LogP contribution in [0.5, 0.6) is 0 Å². The fourth-order valence-electron chi connectivity index (χ4n) is 3.44. The van der Waals surface area contributed by atoms with Crippen molar-refractivity contribution in [2.24, 2.45) is 0 Å². The lowest BCUT2D eigenvalue weighted by atomic mass is 9.92. The van der Waals surface area contributed by atoms with Gasteiger partial charge in [-0.3, -0.25) is 9.59 Å². The molecule has 41 heavy (non-hydrogen) atoms. The molecule has 0 bridgehead atoms. The maximum absolute atomic E-state index is 14.5. The summed E-state index contributed by atoms with van der Waals surface area (Å²) in [6, 6.07) is 6.91. The van der Waals surface area contributed by atoms with Crippen molar-refractivity contribution in [1.29, 1.82) is 0 Å². The van der Waals surface area contributed by atoms with Gasteiger partial charge in [-0.2, -0.15) is 39.5 Å². The minimum atomic E-state index is -6.67. The average molecular weight is 775 g/mol. The predicted molar refractivity (Wildman–Crippen MR) is 136 cm³/mol. The van der Waals surface area contributed by atoms with E-state index >= 15 is 0 Å². The number of rotatable bonds is 5. The van der Waals surface area contributed by atoms with Crippen molar-refractivity contribution >= 4 is 61.7 Å². The first-order valence-corrected chi connectivity index (χ1v) is 12.5. The van der Waals surface area contributed by atoms with Gasteiger partial charge in [0.15, 0.2) is 0 Å². The molecule has 0 heterocycles. The summed E-state index contributed by atoms with van der Waals surface area (Å²) < 4.78 is 147. The molecule has 3 aromatic rings. The largest absolute Gasteiger partial charge is 0.435 e. The number of carbonyl (C=O) groups excluding carboxylic acids is 2. The van der Waals surface area contributed by atoms with Crippen molar-refractivity contribution in [3.63, 3.8) is 0 Å². The molecular weight excluding hydrogens is 764 g/mol. The van der Waals surface area contributed by atoms with Crippen LogP contribution in [-0.4, -0.2) is 24.2 Å². The molecule has 3 aromatic carbocycles. The van der Waals surface area contributed by atoms with Gasteiger partial charge in [0, 0.05) is 24.9 Å². The molecule has 0 saturated carbocycles. The third-order valence-electron chi connectivity index (χ3n) is 5.37. The Morgan fingerprint density at radius 3 is 1.90 bits per heavy atom. The highest BCUT2D eigenvalue weighted by Crippen LogP contribution is 2.54. The molecule has 3 rings (SSSR count). The highest BCUT2D eigenvalue weighted by atomic mass is 127. The average Bonchev–Trinajstić information content (AvgIpc) is 2.82. The van der Waals surface area contributed by atoms with Crippen LogP contribution in [0.3, 0.4) is 0 Å². The first-order valence-electron chi connectivity index (χ1n) is 10.6. The SMILES string of the molecule is O=C(Nc1c(I)cc(C(F)(C(F)(F)F)C(F)(F)F)cc1C(F)(F)F)c1cccc(NC(=O)c2ccc(F)cc2Br)c1. The van der Waals surface area contributed by atoms with Crippen molar-refractivity contribution < 1.29 is 57.9 Å². The number of alkyl halides is 10. The topological polar surface area (TPSA) is 58.2 Å². The van der Waals surface area contributed by atoms with Crippen molar-refractivity contribution in [3.05, 3.63) is 90.7 Å². The molecule has 220 valence electrons. The van der Waals surface area contributed by atoms with E-state index in [2.05, 4.69) is 21.2 Å². The first-order chi connectivity index (χ1) is 18.7. The van der Waals surface area contributed by atoms with E-state index in [-0.39, 0.29) is 27.4 Å². The summed E-state index contributed by atoms with van der Waals surface area (Å²) in [5.41, 5.74) is -12.4. The van der Waals surface area contributed by atoms with Crippen LogP contribution in [0.1, 0.15) is 31.8 Å². The Kier molecular flexibility index (Phi) is 9.03. The summed E-state index contributed by atoms with van der Waals surface area (Å²) >= 11 is 3.93. The zero-order valence-corrected chi connectivity index (χ0v) is 23.2. The van der Waals surface area contributed by atoms with Gasteiger partial charge in [-0.1, -0.05) is 6.07 Å². The van der Waals surface area contributed by atoms with E-state index in [0.29, 0.717) is 0 Å². The smallest absolute Gasteiger partial charge is 0.322 e. The number of hydrogen-bond acceptors (Lipinski definition) is 2. The summed E-state index contributed by atoms with van der Waals surface area (Å²) in [5.74, 6) is -2.73. The van der Waals surface area contributed by atoms with Gasteiger partial charge in [0.1, 0.15) is 5.82 Å². The Balaban J connectivity index is 1.99. The molecular formula is C24H11BrF11IN2O2. The molecule has 0 fully saturated rings. The number of nitrogens with one attached hydrogen (secondary N) is 2. The normalized spacial score (nSPS) is 12.7. The fourth-order valence-corrected chi connectivity index (χ4v) is 4.73. The van der Waals surface area contributed by atoms with Crippen LogP contribution in [0.2, 0.25) is 0 Å². The molecule has 0 spiro atoms. The van der Waals surface area contributed by atoms with Gasteiger partial charge >= 0.3 is 24.2 Å². The number of carbonyl (C=O) groups is 2. The Hall–Kier alpha value is -2.96. The van der Waals surface area contributed by atoms with Crippen LogP contribution in [0.25, 0.3) is 0 Å². The summed E-state index contributed by atoms with van der Waals surface area (Å²) in [6.45, 7) is 0. The van der Waals surface area contributed by atoms with Gasteiger partial charge in [0.05, 0.1) is 16.8 Å². The Labute approximate surface area is 244 Å². The van der Waals surface area contributed by atoms with Gasteiger partial charge in [0.25, 0.3) is 11.8 Å². The molecule has 17 heteroatoms. The number of anilines is 2. The fraction of sp³-hybridized carbons (Fsp3) is 0.167. The lowest BCUT2D eigenvalue weighted by Crippen LogP contribution is -2.50. The highest BCUT2D eigenvalue weighted by molar-refractivity contribution is 14.1. The molecule has 0 aromatic heterocycles. The van der Waals surface area contributed by atoms with Gasteiger partial charge < -0.3 is 10.6 Å². The van der Waals surface area contributed by atoms with Gasteiger partial charge in [-0.05, 0) is 87.1 Å². The molecule has 2 amide bonds. The lowest BCUT2D eigenvalue weighted by Gasteiger charge is -2.31. The van der Waals surface area contributed by atoms with Crippen molar-refractivity contribution in [1.82, 2.24) is 0 Å². The van der Waals surface area contributed by atoms with Crippen LogP contribution in [0.15, 0.2) is 59.1 Å². The predicted octanol–water partition coefficient (Wildman–Crippen LogP) is 9.01. The Bertz CT molecular complexity index is 1490. The maximum atomic E-state index is 14.5. The summed E-state index contributed by atoms with van der Waals surface area (Å²) in [4.78, 5) is 25.3. The molecule has 0 radical (unpaired) electrons. The highest BCUT2D eigenvalue weighted by Gasteiger charge is 2.73. The van der Waals surface area contributed by atoms with E-state index in [0.717, 1.165) is 52.9 Å². The molecule has 0 saturated heterocycles. The van der Waals surface area contributed by atoms with Gasteiger partial charge in [-0.15, -0.1) is 0 Å². The standard InChI is InChI=1S/C24H11BrF11IN2O2/c25-16-9-12(26)4-5-14(16)20(41)38-13-3-1-2-10(6-13)19(40)39-18-15(22(28,29)30)7-11(8-17(18)37)21(27,23(31,32)33)24(34,35)36/h1-9H,(H,38,41)(H,39,40). The molecule has 0 unspecified atom stereocenters. The summed E-state index contributed by atoms with van der Waals surface area (Å²) in [5, 5.41) is 4.14. The molecule has 0 atom stereocenters. The number of amides is 2. The Morgan fingerprint density at radius 1 is 0.756 bits per heavy atom. The third-order valence-corrected chi connectivity index (χ3v) is 6.88. The molecule has 0 aliphatic rings. The van der Waals surface area contributed by atoms with Crippen molar-refractivity contribution in [2.45, 2.75) is 24.2 Å². The van der Waals surface area contributed by atoms with Crippen LogP contribution in [0, 0.1) is 9.39 Å². The van der Waals surface area contributed by atoms with Crippen LogP contribution in [0.4, 0.5) is 59.7 Å². The van der Waals surface area contributed by atoms with E-state index in [1.165, 1.54) is 12.1 Å². The van der Waals surface area contributed by atoms with E-state index < -0.39 is 68.3 Å². The second kappa shape index (κ2) is 11.4. The number of halogens is 13. The van der Waals surface area contributed by atoms with Crippen molar-refractivity contribution in [3.8, 4) is 0 Å². The molecule has 4 nitrogen and oxygen atoms in total. The summed E-state index contributed by atoms with van der Waals surface area (Å²) in [7, 11) is 0. The van der Waals surface area contributed by atoms with Crippen molar-refractivity contribution in [2.75, 3.05) is 10.6 Å². The van der Waals surface area contributed by atoms with Crippen LogP contribution in [-0.2, 0) is 11.8 Å².